The van der Waals surface area contributed by atoms with Crippen LogP contribution in [-0.4, -0.2) is 12.2 Å². The van der Waals surface area contributed by atoms with E-state index in [1.165, 1.54) is 32.1 Å². The Bertz CT molecular complexity index is 123. The third-order valence-electron chi connectivity index (χ3n) is 3.29. The molecule has 0 aromatic carbocycles. The quantitative estimate of drug-likeness (QED) is 0.543. The van der Waals surface area contributed by atoms with Crippen molar-refractivity contribution >= 4 is 0 Å². The summed E-state index contributed by atoms with van der Waals surface area (Å²) in [6.07, 6.45) is 6.71. The first-order chi connectivity index (χ1) is 4.87. The Labute approximate surface area is 62.8 Å². The summed E-state index contributed by atoms with van der Waals surface area (Å²) in [5.41, 5.74) is 0.384. The van der Waals surface area contributed by atoms with Gasteiger partial charge in [0.25, 0.3) is 0 Å². The van der Waals surface area contributed by atoms with E-state index in [4.69, 9.17) is 4.74 Å². The molecule has 10 heavy (non-hydrogen) atoms. The first-order valence-electron chi connectivity index (χ1n) is 4.51. The molecular formula is C9H16O. The van der Waals surface area contributed by atoms with Crippen molar-refractivity contribution in [3.63, 3.8) is 0 Å². The van der Waals surface area contributed by atoms with Crippen LogP contribution < -0.4 is 0 Å². The highest BCUT2D eigenvalue weighted by atomic mass is 16.5. The van der Waals surface area contributed by atoms with Gasteiger partial charge in [0.15, 0.2) is 0 Å². The minimum Gasteiger partial charge on any atom is -0.375 e. The topological polar surface area (TPSA) is 9.23 Å². The second-order valence-electron chi connectivity index (χ2n) is 3.66. The van der Waals surface area contributed by atoms with Crippen LogP contribution in [0, 0.1) is 5.92 Å². The third kappa shape index (κ3) is 0.731. The average Bonchev–Trinajstić information content (AvgIpc) is 2.35. The van der Waals surface area contributed by atoms with Crippen LogP contribution >= 0.6 is 0 Å². The average molecular weight is 140 g/mol. The van der Waals surface area contributed by atoms with Crippen molar-refractivity contribution < 1.29 is 4.74 Å². The summed E-state index contributed by atoms with van der Waals surface area (Å²) < 4.78 is 5.78. The number of hydrogen-bond acceptors (Lipinski definition) is 1. The van der Waals surface area contributed by atoms with E-state index in [9.17, 15) is 0 Å². The molecule has 2 fully saturated rings. The van der Waals surface area contributed by atoms with E-state index in [0.29, 0.717) is 5.60 Å². The van der Waals surface area contributed by atoms with Crippen LogP contribution in [0.2, 0.25) is 0 Å². The van der Waals surface area contributed by atoms with Gasteiger partial charge < -0.3 is 4.74 Å². The Balaban J connectivity index is 2.01. The molecule has 1 nitrogen and oxygen atoms in total. The molecule has 0 unspecified atom stereocenters. The highest BCUT2D eigenvalue weighted by Crippen LogP contribution is 2.49. The molecule has 1 saturated heterocycles. The summed E-state index contributed by atoms with van der Waals surface area (Å²) >= 11 is 0. The van der Waals surface area contributed by atoms with Crippen molar-refractivity contribution in [3.8, 4) is 0 Å². The largest absolute Gasteiger partial charge is 0.375 e. The zero-order valence-corrected chi connectivity index (χ0v) is 6.73. The highest BCUT2D eigenvalue weighted by molar-refractivity contribution is 4.99. The fourth-order valence-corrected chi connectivity index (χ4v) is 2.48. The van der Waals surface area contributed by atoms with Gasteiger partial charge >= 0.3 is 0 Å². The van der Waals surface area contributed by atoms with Gasteiger partial charge in [0.05, 0.1) is 5.60 Å². The van der Waals surface area contributed by atoms with Gasteiger partial charge in [-0.05, 0) is 31.6 Å². The molecule has 1 aliphatic heterocycles. The zero-order valence-electron chi connectivity index (χ0n) is 6.73. The molecule has 0 N–H and O–H groups in total. The summed E-state index contributed by atoms with van der Waals surface area (Å²) in [4.78, 5) is 0. The first-order valence-corrected chi connectivity index (χ1v) is 4.51. The second kappa shape index (κ2) is 2.23. The maximum absolute atomic E-state index is 5.78. The summed E-state index contributed by atoms with van der Waals surface area (Å²) in [7, 11) is 0. The van der Waals surface area contributed by atoms with Crippen LogP contribution in [0.5, 0.6) is 0 Å². The fraction of sp³-hybridized carbons (Fsp3) is 1.00. The van der Waals surface area contributed by atoms with Gasteiger partial charge in [0.1, 0.15) is 0 Å². The minimum atomic E-state index is 0.384. The van der Waals surface area contributed by atoms with Gasteiger partial charge in [-0.2, -0.15) is 0 Å². The molecule has 0 bridgehead atoms. The van der Waals surface area contributed by atoms with Crippen molar-refractivity contribution in [3.05, 3.63) is 0 Å². The van der Waals surface area contributed by atoms with Crippen LogP contribution in [-0.2, 0) is 4.74 Å². The Morgan fingerprint density at radius 2 is 2.40 bits per heavy atom. The lowest BCUT2D eigenvalue weighted by Gasteiger charge is -2.46. The number of hydrogen-bond donors (Lipinski definition) is 0. The summed E-state index contributed by atoms with van der Waals surface area (Å²) in [5.74, 6) is 0.898. The molecule has 1 heterocycles. The Morgan fingerprint density at radius 3 is 2.80 bits per heavy atom. The van der Waals surface area contributed by atoms with Crippen LogP contribution in [0.3, 0.4) is 0 Å². The SMILES string of the molecule is CC[C@H]1CC[C@@]12CCCO2. The first kappa shape index (κ1) is 6.66. The monoisotopic (exact) mass is 140 g/mol. The standard InChI is InChI=1S/C9H16O/c1-2-8-4-6-9(8)5-3-7-10-9/h8H,2-7H2,1H3/t8-,9-/m0/s1. The van der Waals surface area contributed by atoms with Gasteiger partial charge in [-0.1, -0.05) is 13.3 Å². The van der Waals surface area contributed by atoms with Crippen LogP contribution in [0.1, 0.15) is 39.0 Å². The van der Waals surface area contributed by atoms with Crippen molar-refractivity contribution in [2.24, 2.45) is 5.92 Å². The normalized spacial score (nSPS) is 45.9. The molecule has 1 aliphatic carbocycles. The molecule has 1 heteroatoms. The van der Waals surface area contributed by atoms with Gasteiger partial charge in [0.2, 0.25) is 0 Å². The molecule has 2 aliphatic rings. The van der Waals surface area contributed by atoms with Crippen LogP contribution in [0.15, 0.2) is 0 Å². The van der Waals surface area contributed by atoms with E-state index >= 15 is 0 Å². The molecule has 0 radical (unpaired) electrons. The lowest BCUT2D eigenvalue weighted by Crippen LogP contribution is -2.45. The molecule has 2 atom stereocenters. The van der Waals surface area contributed by atoms with Crippen molar-refractivity contribution in [1.82, 2.24) is 0 Å². The molecule has 0 amide bonds. The van der Waals surface area contributed by atoms with Crippen molar-refractivity contribution in [2.45, 2.75) is 44.6 Å². The predicted octanol–water partition coefficient (Wildman–Crippen LogP) is 2.36. The Kier molecular flexibility index (Phi) is 1.48. The molecule has 1 saturated carbocycles. The predicted molar refractivity (Wildman–Crippen MR) is 40.9 cm³/mol. The van der Waals surface area contributed by atoms with Gasteiger partial charge in [-0.15, -0.1) is 0 Å². The third-order valence-corrected chi connectivity index (χ3v) is 3.29. The summed E-state index contributed by atoms with van der Waals surface area (Å²) in [6, 6.07) is 0. The van der Waals surface area contributed by atoms with Crippen molar-refractivity contribution in [1.29, 1.82) is 0 Å². The van der Waals surface area contributed by atoms with E-state index in [0.717, 1.165) is 12.5 Å². The van der Waals surface area contributed by atoms with E-state index in [-0.39, 0.29) is 0 Å². The van der Waals surface area contributed by atoms with Crippen molar-refractivity contribution in [2.75, 3.05) is 6.61 Å². The highest BCUT2D eigenvalue weighted by Gasteiger charge is 2.48. The molecule has 1 spiro atoms. The van der Waals surface area contributed by atoms with E-state index in [2.05, 4.69) is 6.92 Å². The smallest absolute Gasteiger partial charge is 0.0711 e. The number of ether oxygens (including phenoxy) is 1. The van der Waals surface area contributed by atoms with E-state index in [1.54, 1.807) is 0 Å². The number of rotatable bonds is 1. The van der Waals surface area contributed by atoms with Crippen LogP contribution in [0.4, 0.5) is 0 Å². The maximum Gasteiger partial charge on any atom is 0.0711 e. The summed E-state index contributed by atoms with van der Waals surface area (Å²) in [5, 5.41) is 0. The molecular weight excluding hydrogens is 124 g/mol. The lowest BCUT2D eigenvalue weighted by molar-refractivity contribution is -0.110. The Hall–Kier alpha value is -0.0400. The molecule has 2 rings (SSSR count). The van der Waals surface area contributed by atoms with E-state index < -0.39 is 0 Å². The Morgan fingerprint density at radius 1 is 1.50 bits per heavy atom. The fourth-order valence-electron chi connectivity index (χ4n) is 2.48. The van der Waals surface area contributed by atoms with Gasteiger partial charge in [0, 0.05) is 6.61 Å². The van der Waals surface area contributed by atoms with Gasteiger partial charge in [-0.3, -0.25) is 0 Å². The maximum atomic E-state index is 5.78. The van der Waals surface area contributed by atoms with E-state index in [1.807, 2.05) is 0 Å². The zero-order chi connectivity index (χ0) is 7.03. The molecule has 0 aromatic rings. The summed E-state index contributed by atoms with van der Waals surface area (Å²) in [6.45, 7) is 3.31. The van der Waals surface area contributed by atoms with Gasteiger partial charge in [-0.25, -0.2) is 0 Å². The van der Waals surface area contributed by atoms with Crippen LogP contribution in [0.25, 0.3) is 0 Å². The minimum absolute atomic E-state index is 0.384. The molecule has 0 aromatic heterocycles. The second-order valence-corrected chi connectivity index (χ2v) is 3.66. The lowest BCUT2D eigenvalue weighted by atomic mass is 9.67. The molecule has 58 valence electrons.